The average molecular weight is 391 g/mol. The van der Waals surface area contributed by atoms with E-state index in [1.807, 2.05) is 24.3 Å². The normalized spacial score (nSPS) is 16.1. The fourth-order valence-electron chi connectivity index (χ4n) is 2.58. The summed E-state index contributed by atoms with van der Waals surface area (Å²) in [5, 5.41) is 6.15. The summed E-state index contributed by atoms with van der Waals surface area (Å²) in [6, 6.07) is 14.1. The van der Waals surface area contributed by atoms with E-state index >= 15 is 0 Å². The van der Waals surface area contributed by atoms with Gasteiger partial charge in [0, 0.05) is 12.3 Å². The predicted molar refractivity (Wildman–Crippen MR) is 106 cm³/mol. The lowest BCUT2D eigenvalue weighted by molar-refractivity contribution is 0.0679. The summed E-state index contributed by atoms with van der Waals surface area (Å²) in [6.07, 6.45) is 2.31. The van der Waals surface area contributed by atoms with Crippen molar-refractivity contribution < 1.29 is 14.3 Å². The first-order valence-electron chi connectivity index (χ1n) is 8.33. The van der Waals surface area contributed by atoms with Gasteiger partial charge in [-0.1, -0.05) is 23.7 Å². The Bertz CT molecular complexity index is 777. The molecule has 0 unspecified atom stereocenters. The number of halogens is 1. The molecule has 2 aromatic carbocycles. The van der Waals surface area contributed by atoms with E-state index in [-0.39, 0.29) is 17.1 Å². The molecule has 3 rings (SSSR count). The van der Waals surface area contributed by atoms with Crippen molar-refractivity contribution in [1.82, 2.24) is 5.32 Å². The third-order valence-corrected chi connectivity index (χ3v) is 4.45. The van der Waals surface area contributed by atoms with Crippen LogP contribution in [0.25, 0.3) is 0 Å². The summed E-state index contributed by atoms with van der Waals surface area (Å²) < 4.78 is 11.2. The van der Waals surface area contributed by atoms with E-state index < -0.39 is 0 Å². The fraction of sp³-hybridized carbons (Fsp3) is 0.263. The van der Waals surface area contributed by atoms with Crippen molar-refractivity contribution in [2.45, 2.75) is 18.9 Å². The second kappa shape index (κ2) is 8.98. The number of carbonyl (C=O) groups is 1. The molecular formula is C19H19ClN2O3S. The Labute approximate surface area is 162 Å². The Morgan fingerprint density at radius 2 is 2.00 bits per heavy atom. The second-order valence-corrected chi connectivity index (χ2v) is 6.67. The molecule has 136 valence electrons. The molecule has 2 aromatic rings. The van der Waals surface area contributed by atoms with E-state index in [1.54, 1.807) is 24.3 Å². The van der Waals surface area contributed by atoms with Crippen molar-refractivity contribution in [2.75, 3.05) is 18.5 Å². The van der Waals surface area contributed by atoms with Gasteiger partial charge in [0.1, 0.15) is 12.4 Å². The number of amides is 1. The van der Waals surface area contributed by atoms with E-state index in [4.69, 9.17) is 33.3 Å². The SMILES string of the molecule is O=C(NC(=S)Nc1ccc(OC[C@@H]2CCCO2)cc1)c1ccccc1Cl. The molecule has 7 heteroatoms. The van der Waals surface area contributed by atoms with Gasteiger partial charge in [0.05, 0.1) is 16.7 Å². The summed E-state index contributed by atoms with van der Waals surface area (Å²) in [7, 11) is 0. The summed E-state index contributed by atoms with van der Waals surface area (Å²) in [4.78, 5) is 12.2. The average Bonchev–Trinajstić information content (AvgIpc) is 3.15. The van der Waals surface area contributed by atoms with Gasteiger partial charge < -0.3 is 14.8 Å². The highest BCUT2D eigenvalue weighted by Crippen LogP contribution is 2.19. The van der Waals surface area contributed by atoms with Gasteiger partial charge in [-0.15, -0.1) is 0 Å². The molecule has 5 nitrogen and oxygen atoms in total. The van der Waals surface area contributed by atoms with Crippen molar-refractivity contribution in [3.05, 3.63) is 59.1 Å². The van der Waals surface area contributed by atoms with Crippen LogP contribution < -0.4 is 15.4 Å². The molecule has 1 amide bonds. The third kappa shape index (κ3) is 5.17. The van der Waals surface area contributed by atoms with Crippen molar-refractivity contribution in [1.29, 1.82) is 0 Å². The lowest BCUT2D eigenvalue weighted by atomic mass is 10.2. The van der Waals surface area contributed by atoms with Crippen LogP contribution >= 0.6 is 23.8 Å². The maximum Gasteiger partial charge on any atom is 0.258 e. The largest absolute Gasteiger partial charge is 0.491 e. The summed E-state index contributed by atoms with van der Waals surface area (Å²) in [5.41, 5.74) is 1.12. The number of benzene rings is 2. The molecule has 1 aliphatic rings. The predicted octanol–water partition coefficient (Wildman–Crippen LogP) is 4.02. The maximum atomic E-state index is 12.2. The summed E-state index contributed by atoms with van der Waals surface area (Å²) >= 11 is 11.2. The van der Waals surface area contributed by atoms with E-state index in [9.17, 15) is 4.79 Å². The first-order valence-corrected chi connectivity index (χ1v) is 9.12. The molecule has 1 atom stereocenters. The standard InChI is InChI=1S/C19H19ClN2O3S/c20-17-6-2-1-5-16(17)18(23)22-19(26)21-13-7-9-14(10-8-13)25-12-15-4-3-11-24-15/h1-2,5-10,15H,3-4,11-12H2,(H2,21,22,23,26)/t15-/m0/s1. The van der Waals surface area contributed by atoms with Gasteiger partial charge >= 0.3 is 0 Å². The Balaban J connectivity index is 1.49. The minimum absolute atomic E-state index is 0.181. The molecule has 1 fully saturated rings. The molecule has 0 radical (unpaired) electrons. The van der Waals surface area contributed by atoms with Crippen molar-refractivity contribution >= 4 is 40.5 Å². The van der Waals surface area contributed by atoms with Crippen molar-refractivity contribution in [2.24, 2.45) is 0 Å². The van der Waals surface area contributed by atoms with Gasteiger partial charge in [0.15, 0.2) is 5.11 Å². The molecule has 0 saturated carbocycles. The third-order valence-electron chi connectivity index (χ3n) is 3.92. The molecule has 1 aliphatic heterocycles. The molecular weight excluding hydrogens is 372 g/mol. The minimum Gasteiger partial charge on any atom is -0.491 e. The van der Waals surface area contributed by atoms with Gasteiger partial charge in [-0.25, -0.2) is 0 Å². The highest BCUT2D eigenvalue weighted by atomic mass is 35.5. The Kier molecular flexibility index (Phi) is 6.44. The maximum absolute atomic E-state index is 12.2. The Morgan fingerprint density at radius 1 is 1.23 bits per heavy atom. The fourth-order valence-corrected chi connectivity index (χ4v) is 3.01. The number of thiocarbonyl (C=S) groups is 1. The van der Waals surface area contributed by atoms with Crippen LogP contribution in [0, 0.1) is 0 Å². The van der Waals surface area contributed by atoms with Crippen LogP contribution in [0.2, 0.25) is 5.02 Å². The van der Waals surface area contributed by atoms with Crippen LogP contribution in [0.3, 0.4) is 0 Å². The van der Waals surface area contributed by atoms with E-state index in [0.717, 1.165) is 30.9 Å². The van der Waals surface area contributed by atoms with Crippen molar-refractivity contribution in [3.8, 4) is 5.75 Å². The van der Waals surface area contributed by atoms with Gasteiger partial charge in [-0.05, 0) is 61.5 Å². The molecule has 0 aliphatic carbocycles. The second-order valence-electron chi connectivity index (χ2n) is 5.86. The van der Waals surface area contributed by atoms with Gasteiger partial charge in [0.2, 0.25) is 0 Å². The highest BCUT2D eigenvalue weighted by Gasteiger charge is 2.16. The van der Waals surface area contributed by atoms with Crippen molar-refractivity contribution in [3.63, 3.8) is 0 Å². The quantitative estimate of drug-likeness (QED) is 0.755. The zero-order valence-corrected chi connectivity index (χ0v) is 15.6. The van der Waals surface area contributed by atoms with Gasteiger partial charge in [-0.2, -0.15) is 0 Å². The van der Waals surface area contributed by atoms with Crippen LogP contribution in [0.5, 0.6) is 5.75 Å². The van der Waals surface area contributed by atoms with Crippen LogP contribution in [-0.4, -0.2) is 30.3 Å². The smallest absolute Gasteiger partial charge is 0.258 e. The lowest BCUT2D eigenvalue weighted by Crippen LogP contribution is -2.34. The zero-order chi connectivity index (χ0) is 18.4. The van der Waals surface area contributed by atoms with Gasteiger partial charge in [0.25, 0.3) is 5.91 Å². The number of nitrogens with one attached hydrogen (secondary N) is 2. The molecule has 0 aromatic heterocycles. The number of hydrogen-bond donors (Lipinski definition) is 2. The molecule has 1 saturated heterocycles. The van der Waals surface area contributed by atoms with Crippen LogP contribution in [0.15, 0.2) is 48.5 Å². The van der Waals surface area contributed by atoms with E-state index in [2.05, 4.69) is 10.6 Å². The minimum atomic E-state index is -0.357. The number of hydrogen-bond acceptors (Lipinski definition) is 4. The number of carbonyl (C=O) groups excluding carboxylic acids is 1. The number of ether oxygens (including phenoxy) is 2. The van der Waals surface area contributed by atoms with Crippen LogP contribution in [0.1, 0.15) is 23.2 Å². The highest BCUT2D eigenvalue weighted by molar-refractivity contribution is 7.80. The van der Waals surface area contributed by atoms with Crippen LogP contribution in [-0.2, 0) is 4.74 Å². The molecule has 26 heavy (non-hydrogen) atoms. The zero-order valence-electron chi connectivity index (χ0n) is 14.0. The lowest BCUT2D eigenvalue weighted by Gasteiger charge is -2.13. The first kappa shape index (κ1) is 18.6. The topological polar surface area (TPSA) is 59.6 Å². The van der Waals surface area contributed by atoms with Crippen LogP contribution in [0.4, 0.5) is 5.69 Å². The molecule has 1 heterocycles. The summed E-state index contributed by atoms with van der Waals surface area (Å²) in [5.74, 6) is 0.404. The Morgan fingerprint density at radius 3 is 2.69 bits per heavy atom. The van der Waals surface area contributed by atoms with E-state index in [1.165, 1.54) is 0 Å². The first-order chi connectivity index (χ1) is 12.6. The monoisotopic (exact) mass is 390 g/mol. The Hall–Kier alpha value is -2.15. The van der Waals surface area contributed by atoms with E-state index in [0.29, 0.717) is 17.2 Å². The number of anilines is 1. The molecule has 2 N–H and O–H groups in total. The van der Waals surface area contributed by atoms with Gasteiger partial charge in [-0.3, -0.25) is 10.1 Å². The molecule has 0 spiro atoms. The molecule has 0 bridgehead atoms. The number of rotatable bonds is 5. The summed E-state index contributed by atoms with van der Waals surface area (Å²) in [6.45, 7) is 1.37.